The molecule has 5 nitrogen and oxygen atoms in total. The first-order valence-corrected chi connectivity index (χ1v) is 4.23. The van der Waals surface area contributed by atoms with Crippen LogP contribution in [0.3, 0.4) is 0 Å². The van der Waals surface area contributed by atoms with Crippen molar-refractivity contribution in [2.24, 2.45) is 0 Å². The van der Waals surface area contributed by atoms with Gasteiger partial charge in [0.15, 0.2) is 0 Å². The summed E-state index contributed by atoms with van der Waals surface area (Å²) in [5.74, 6) is 0.418. The predicted molar refractivity (Wildman–Crippen MR) is 48.5 cm³/mol. The standard InChI is InChI=1S/C8H6ClN3O2/c9-5-2-1-3-10-7(5)8-11-6(4-13)14-12-8/h1-3,13H,4H2. The van der Waals surface area contributed by atoms with Crippen molar-refractivity contribution in [2.75, 3.05) is 0 Å². The molecule has 2 aromatic heterocycles. The average Bonchev–Trinajstić information content (AvgIpc) is 2.67. The molecule has 0 aliphatic carbocycles. The highest BCUT2D eigenvalue weighted by Crippen LogP contribution is 2.21. The Morgan fingerprint density at radius 3 is 3.00 bits per heavy atom. The van der Waals surface area contributed by atoms with Crippen LogP contribution in [0.5, 0.6) is 0 Å². The topological polar surface area (TPSA) is 72.0 Å². The van der Waals surface area contributed by atoms with Crippen LogP contribution < -0.4 is 0 Å². The molecule has 72 valence electrons. The van der Waals surface area contributed by atoms with E-state index in [0.717, 1.165) is 0 Å². The maximum Gasteiger partial charge on any atom is 0.252 e. The third-order valence-corrected chi connectivity index (χ3v) is 1.88. The van der Waals surface area contributed by atoms with E-state index in [1.54, 1.807) is 18.3 Å². The molecule has 0 aliphatic heterocycles. The highest BCUT2D eigenvalue weighted by Gasteiger charge is 2.11. The lowest BCUT2D eigenvalue weighted by molar-refractivity contribution is 0.222. The number of hydrogen-bond donors (Lipinski definition) is 1. The van der Waals surface area contributed by atoms with Gasteiger partial charge in [-0.1, -0.05) is 16.8 Å². The van der Waals surface area contributed by atoms with Crippen molar-refractivity contribution in [1.82, 2.24) is 15.1 Å². The maximum absolute atomic E-state index is 8.72. The van der Waals surface area contributed by atoms with E-state index < -0.39 is 0 Å². The van der Waals surface area contributed by atoms with Gasteiger partial charge in [0.1, 0.15) is 12.3 Å². The van der Waals surface area contributed by atoms with Gasteiger partial charge in [0, 0.05) is 6.20 Å². The van der Waals surface area contributed by atoms with E-state index in [-0.39, 0.29) is 18.3 Å². The normalized spacial score (nSPS) is 10.4. The number of nitrogens with zero attached hydrogens (tertiary/aromatic N) is 3. The summed E-state index contributed by atoms with van der Waals surface area (Å²) < 4.78 is 4.71. The van der Waals surface area contributed by atoms with Crippen LogP contribution in [0.4, 0.5) is 0 Å². The SMILES string of the molecule is OCc1nc(-c2ncccc2Cl)no1. The van der Waals surface area contributed by atoms with Crippen molar-refractivity contribution in [1.29, 1.82) is 0 Å². The van der Waals surface area contributed by atoms with Gasteiger partial charge < -0.3 is 9.63 Å². The van der Waals surface area contributed by atoms with Crippen LogP contribution in [0.25, 0.3) is 11.5 Å². The zero-order valence-electron chi connectivity index (χ0n) is 7.01. The fourth-order valence-electron chi connectivity index (χ4n) is 0.965. The molecule has 0 saturated carbocycles. The highest BCUT2D eigenvalue weighted by atomic mass is 35.5. The summed E-state index contributed by atoms with van der Waals surface area (Å²) in [6, 6.07) is 3.39. The molecule has 2 aromatic rings. The number of pyridine rings is 1. The molecule has 2 heterocycles. The Morgan fingerprint density at radius 1 is 1.50 bits per heavy atom. The van der Waals surface area contributed by atoms with Crippen molar-refractivity contribution in [2.45, 2.75) is 6.61 Å². The smallest absolute Gasteiger partial charge is 0.252 e. The first kappa shape index (κ1) is 9.11. The Kier molecular flexibility index (Phi) is 2.43. The lowest BCUT2D eigenvalue weighted by Gasteiger charge is -1.94. The Morgan fingerprint density at radius 2 is 2.36 bits per heavy atom. The number of aliphatic hydroxyl groups excluding tert-OH is 1. The van der Waals surface area contributed by atoms with Crippen LogP contribution in [-0.2, 0) is 6.61 Å². The van der Waals surface area contributed by atoms with E-state index in [1.807, 2.05) is 0 Å². The Labute approximate surface area is 84.4 Å². The van der Waals surface area contributed by atoms with Gasteiger partial charge >= 0.3 is 0 Å². The Balaban J connectivity index is 2.44. The van der Waals surface area contributed by atoms with E-state index in [1.165, 1.54) is 0 Å². The third-order valence-electron chi connectivity index (χ3n) is 1.57. The molecule has 6 heteroatoms. The van der Waals surface area contributed by atoms with Crippen LogP contribution in [0, 0.1) is 0 Å². The van der Waals surface area contributed by atoms with Crippen molar-refractivity contribution in [3.8, 4) is 11.5 Å². The highest BCUT2D eigenvalue weighted by molar-refractivity contribution is 6.32. The zero-order chi connectivity index (χ0) is 9.97. The molecule has 0 aromatic carbocycles. The van der Waals surface area contributed by atoms with Gasteiger partial charge in [0.05, 0.1) is 5.02 Å². The Bertz CT molecular complexity index is 444. The van der Waals surface area contributed by atoms with Crippen molar-refractivity contribution >= 4 is 11.6 Å². The fraction of sp³-hybridized carbons (Fsp3) is 0.125. The minimum absolute atomic E-state index is 0.140. The zero-order valence-corrected chi connectivity index (χ0v) is 7.77. The van der Waals surface area contributed by atoms with Gasteiger partial charge in [-0.15, -0.1) is 0 Å². The first-order valence-electron chi connectivity index (χ1n) is 3.85. The number of hydrogen-bond acceptors (Lipinski definition) is 5. The molecule has 0 bridgehead atoms. The second kappa shape index (κ2) is 3.73. The van der Waals surface area contributed by atoms with Gasteiger partial charge in [-0.2, -0.15) is 4.98 Å². The Hall–Kier alpha value is -1.46. The van der Waals surface area contributed by atoms with Gasteiger partial charge in [-0.05, 0) is 12.1 Å². The predicted octanol–water partition coefficient (Wildman–Crippen LogP) is 1.28. The molecule has 0 fully saturated rings. The van der Waals surface area contributed by atoms with Crippen molar-refractivity contribution in [3.63, 3.8) is 0 Å². The van der Waals surface area contributed by atoms with Gasteiger partial charge in [-0.25, -0.2) is 0 Å². The second-order valence-electron chi connectivity index (χ2n) is 2.50. The van der Waals surface area contributed by atoms with Crippen LogP contribution in [0.2, 0.25) is 5.02 Å². The number of rotatable bonds is 2. The molecule has 0 unspecified atom stereocenters. The molecule has 0 amide bonds. The second-order valence-corrected chi connectivity index (χ2v) is 2.91. The largest absolute Gasteiger partial charge is 0.387 e. The maximum atomic E-state index is 8.72. The van der Waals surface area contributed by atoms with E-state index in [9.17, 15) is 0 Å². The molecule has 1 N–H and O–H groups in total. The molecule has 0 atom stereocenters. The molecule has 0 spiro atoms. The summed E-state index contributed by atoms with van der Waals surface area (Å²) >= 11 is 5.86. The fourth-order valence-corrected chi connectivity index (χ4v) is 1.17. The summed E-state index contributed by atoms with van der Waals surface area (Å²) in [7, 11) is 0. The average molecular weight is 212 g/mol. The molecule has 0 radical (unpaired) electrons. The molecular formula is C8H6ClN3O2. The minimum Gasteiger partial charge on any atom is -0.387 e. The van der Waals surface area contributed by atoms with Crippen LogP contribution in [0.1, 0.15) is 5.89 Å². The number of aliphatic hydroxyl groups is 1. The van der Waals surface area contributed by atoms with Crippen molar-refractivity contribution in [3.05, 3.63) is 29.2 Å². The van der Waals surface area contributed by atoms with Crippen LogP contribution >= 0.6 is 11.6 Å². The summed E-state index contributed by atoms with van der Waals surface area (Å²) in [5, 5.41) is 12.8. The van der Waals surface area contributed by atoms with Crippen LogP contribution in [-0.4, -0.2) is 20.2 Å². The molecule has 0 aliphatic rings. The molecule has 0 saturated heterocycles. The van der Waals surface area contributed by atoms with Gasteiger partial charge in [0.2, 0.25) is 5.82 Å². The summed E-state index contributed by atoms with van der Waals surface area (Å²) in [6.07, 6.45) is 1.58. The van der Waals surface area contributed by atoms with E-state index >= 15 is 0 Å². The summed E-state index contributed by atoms with van der Waals surface area (Å²) in [5.41, 5.74) is 0.442. The molecule has 14 heavy (non-hydrogen) atoms. The first-order chi connectivity index (χ1) is 6.81. The van der Waals surface area contributed by atoms with Crippen LogP contribution in [0.15, 0.2) is 22.9 Å². The van der Waals surface area contributed by atoms with Gasteiger partial charge in [-0.3, -0.25) is 4.98 Å². The number of aromatic nitrogens is 3. The third kappa shape index (κ3) is 1.59. The molecule has 2 rings (SSSR count). The van der Waals surface area contributed by atoms with E-state index in [0.29, 0.717) is 10.7 Å². The number of halogens is 1. The lowest BCUT2D eigenvalue weighted by Crippen LogP contribution is -1.87. The van der Waals surface area contributed by atoms with E-state index in [2.05, 4.69) is 15.1 Å². The van der Waals surface area contributed by atoms with E-state index in [4.69, 9.17) is 21.2 Å². The minimum atomic E-state index is -0.294. The summed E-state index contributed by atoms with van der Waals surface area (Å²) in [4.78, 5) is 7.88. The van der Waals surface area contributed by atoms with Gasteiger partial charge in [0.25, 0.3) is 5.89 Å². The van der Waals surface area contributed by atoms with Crippen molar-refractivity contribution < 1.29 is 9.63 Å². The monoisotopic (exact) mass is 211 g/mol. The molecular weight excluding hydrogens is 206 g/mol. The quantitative estimate of drug-likeness (QED) is 0.810. The summed E-state index contributed by atoms with van der Waals surface area (Å²) in [6.45, 7) is -0.294. The lowest BCUT2D eigenvalue weighted by atomic mass is 10.3.